The van der Waals surface area contributed by atoms with E-state index >= 15 is 0 Å². The van der Waals surface area contributed by atoms with E-state index in [4.69, 9.17) is 15.7 Å². The van der Waals surface area contributed by atoms with Crippen molar-refractivity contribution in [3.05, 3.63) is 53.3 Å². The van der Waals surface area contributed by atoms with Crippen LogP contribution >= 0.6 is 0 Å². The third-order valence-corrected chi connectivity index (χ3v) is 5.29. The number of halogens is 1. The second-order valence-electron chi connectivity index (χ2n) is 8.57. The number of nitrogens with one attached hydrogen (secondary N) is 2. The Hall–Kier alpha value is -2.73. The minimum absolute atomic E-state index is 0.0633. The predicted octanol–water partition coefficient (Wildman–Crippen LogP) is 5.17. The van der Waals surface area contributed by atoms with Crippen LogP contribution in [-0.2, 0) is 6.42 Å². The minimum Gasteiger partial charge on any atom is -0.366 e. The predicted molar refractivity (Wildman–Crippen MR) is 119 cm³/mol. The number of hydrogen-bond donors (Lipinski definition) is 3. The number of nitrogens with zero attached hydrogens (tertiary/aromatic N) is 2. The molecule has 0 fully saturated rings. The lowest BCUT2D eigenvalue weighted by molar-refractivity contribution is 0.359. The summed E-state index contributed by atoms with van der Waals surface area (Å²) in [5, 5.41) is 7.75. The largest absolute Gasteiger partial charge is 0.366 e. The fourth-order valence-corrected chi connectivity index (χ4v) is 3.01. The average molecular weight is 396 g/mol. The van der Waals surface area contributed by atoms with Gasteiger partial charge in [0.05, 0.1) is 5.52 Å². The molecule has 0 radical (unpaired) electrons. The second kappa shape index (κ2) is 8.33. The minimum atomic E-state index is -0.235. The molecular formula is C23H30FN5. The average Bonchev–Trinajstić information content (AvgIpc) is 2.65. The molecule has 1 aromatic heterocycles. The molecule has 0 unspecified atom stereocenters. The van der Waals surface area contributed by atoms with E-state index in [0.717, 1.165) is 34.4 Å². The topological polar surface area (TPSA) is 75.9 Å². The van der Waals surface area contributed by atoms with Crippen molar-refractivity contribution >= 4 is 28.4 Å². The van der Waals surface area contributed by atoms with Gasteiger partial charge in [0.2, 0.25) is 5.95 Å². The van der Waals surface area contributed by atoms with Gasteiger partial charge in [0.15, 0.2) is 0 Å². The Balaban J connectivity index is 2.09. The Labute approximate surface area is 171 Å². The van der Waals surface area contributed by atoms with Crippen molar-refractivity contribution in [2.75, 3.05) is 17.2 Å². The lowest BCUT2D eigenvalue weighted by Gasteiger charge is -2.29. The molecule has 3 rings (SSSR count). The van der Waals surface area contributed by atoms with Crippen molar-refractivity contribution in [1.82, 2.24) is 9.97 Å². The summed E-state index contributed by atoms with van der Waals surface area (Å²) in [6, 6.07) is 11.2. The number of aromatic nitrogens is 2. The van der Waals surface area contributed by atoms with E-state index in [2.05, 4.69) is 38.3 Å². The molecule has 5 nitrogen and oxygen atoms in total. The summed E-state index contributed by atoms with van der Waals surface area (Å²) in [4.78, 5) is 9.50. The van der Waals surface area contributed by atoms with Crippen LogP contribution in [0.25, 0.3) is 10.9 Å². The molecule has 0 saturated carbocycles. The molecule has 0 aliphatic rings. The lowest BCUT2D eigenvalue weighted by atomic mass is 9.88. The van der Waals surface area contributed by atoms with E-state index in [1.54, 1.807) is 19.1 Å². The summed E-state index contributed by atoms with van der Waals surface area (Å²) in [6.07, 6.45) is 0.734. The van der Waals surface area contributed by atoms with Crippen molar-refractivity contribution in [1.29, 1.82) is 0 Å². The van der Waals surface area contributed by atoms with E-state index in [0.29, 0.717) is 18.1 Å². The van der Waals surface area contributed by atoms with Crippen molar-refractivity contribution in [2.45, 2.75) is 47.1 Å². The van der Waals surface area contributed by atoms with Crippen molar-refractivity contribution in [3.8, 4) is 0 Å². The van der Waals surface area contributed by atoms with Crippen LogP contribution in [0.2, 0.25) is 0 Å². The summed E-state index contributed by atoms with van der Waals surface area (Å²) < 4.78 is 13.6. The first-order chi connectivity index (χ1) is 13.7. The number of benzene rings is 2. The van der Waals surface area contributed by atoms with Crippen molar-refractivity contribution < 1.29 is 4.39 Å². The van der Waals surface area contributed by atoms with Crippen LogP contribution in [0, 0.1) is 18.2 Å². The first-order valence-electron chi connectivity index (χ1n) is 9.98. The number of rotatable bonds is 6. The lowest BCUT2D eigenvalue weighted by Crippen LogP contribution is -2.31. The van der Waals surface area contributed by atoms with Gasteiger partial charge >= 0.3 is 0 Å². The molecule has 0 saturated heterocycles. The van der Waals surface area contributed by atoms with Crippen molar-refractivity contribution in [3.63, 3.8) is 0 Å². The number of anilines is 3. The molecule has 1 heterocycles. The highest BCUT2D eigenvalue weighted by atomic mass is 19.1. The number of nitrogens with two attached hydrogens (primary N) is 1. The zero-order valence-corrected chi connectivity index (χ0v) is 17.8. The SMILES string of the molecule is Cc1cc(Nc2nc(N[C@H](C)C(C)(C)C)c3cccc(CCN)c3n2)ccc1F. The molecule has 3 aromatic rings. The zero-order chi connectivity index (χ0) is 21.2. The van der Waals surface area contributed by atoms with Gasteiger partial charge in [0, 0.05) is 17.1 Å². The molecule has 154 valence electrons. The Morgan fingerprint density at radius 1 is 1.14 bits per heavy atom. The number of fused-ring (bicyclic) bond motifs is 1. The summed E-state index contributed by atoms with van der Waals surface area (Å²) in [7, 11) is 0. The van der Waals surface area contributed by atoms with Crippen LogP contribution in [0.5, 0.6) is 0 Å². The van der Waals surface area contributed by atoms with E-state index < -0.39 is 0 Å². The summed E-state index contributed by atoms with van der Waals surface area (Å²) in [5.41, 5.74) is 9.14. The molecule has 4 N–H and O–H groups in total. The Morgan fingerprint density at radius 3 is 2.55 bits per heavy atom. The molecule has 1 atom stereocenters. The Bertz CT molecular complexity index is 1010. The molecule has 0 spiro atoms. The molecule has 0 amide bonds. The third-order valence-electron chi connectivity index (χ3n) is 5.29. The van der Waals surface area contributed by atoms with Crippen LogP contribution in [0.15, 0.2) is 36.4 Å². The molecule has 2 aromatic carbocycles. The Kier molecular flexibility index (Phi) is 6.03. The highest BCUT2D eigenvalue weighted by Gasteiger charge is 2.22. The van der Waals surface area contributed by atoms with E-state index in [9.17, 15) is 4.39 Å². The van der Waals surface area contributed by atoms with Gasteiger partial charge in [0.1, 0.15) is 11.6 Å². The fourth-order valence-electron chi connectivity index (χ4n) is 3.01. The van der Waals surface area contributed by atoms with Gasteiger partial charge in [0.25, 0.3) is 0 Å². The highest BCUT2D eigenvalue weighted by Crippen LogP contribution is 2.30. The van der Waals surface area contributed by atoms with Crippen LogP contribution in [0.4, 0.5) is 21.8 Å². The maximum atomic E-state index is 13.6. The van der Waals surface area contributed by atoms with E-state index in [1.807, 2.05) is 18.2 Å². The fraction of sp³-hybridized carbons (Fsp3) is 0.391. The molecule has 6 heteroatoms. The van der Waals surface area contributed by atoms with Gasteiger partial charge in [-0.3, -0.25) is 0 Å². The highest BCUT2D eigenvalue weighted by molar-refractivity contribution is 5.92. The Morgan fingerprint density at radius 2 is 1.90 bits per heavy atom. The van der Waals surface area contributed by atoms with E-state index in [1.165, 1.54) is 6.07 Å². The second-order valence-corrected chi connectivity index (χ2v) is 8.57. The van der Waals surface area contributed by atoms with Gasteiger partial charge < -0.3 is 16.4 Å². The van der Waals surface area contributed by atoms with E-state index in [-0.39, 0.29) is 17.3 Å². The van der Waals surface area contributed by atoms with Gasteiger partial charge in [-0.1, -0.05) is 32.9 Å². The first-order valence-corrected chi connectivity index (χ1v) is 9.98. The maximum absolute atomic E-state index is 13.6. The molecule has 0 aliphatic heterocycles. The zero-order valence-electron chi connectivity index (χ0n) is 17.8. The first kappa shape index (κ1) is 21.0. The third kappa shape index (κ3) is 4.82. The molecule has 0 bridgehead atoms. The normalized spacial score (nSPS) is 12.8. The van der Waals surface area contributed by atoms with Crippen molar-refractivity contribution in [2.24, 2.45) is 11.1 Å². The summed E-state index contributed by atoms with van der Waals surface area (Å²) in [6.45, 7) is 11.0. The monoisotopic (exact) mass is 395 g/mol. The molecular weight excluding hydrogens is 365 g/mol. The molecule has 29 heavy (non-hydrogen) atoms. The standard InChI is InChI=1S/C23H30FN5/c1-14-13-17(9-10-19(14)24)27-22-28-20-16(11-12-25)7-6-8-18(20)21(29-22)26-15(2)23(3,4)5/h6-10,13,15H,11-12,25H2,1-5H3,(H2,26,27,28,29)/t15-/m1/s1. The number of aryl methyl sites for hydroxylation is 1. The van der Waals surface area contributed by atoms with Crippen LogP contribution in [0.1, 0.15) is 38.8 Å². The van der Waals surface area contributed by atoms with Crippen LogP contribution < -0.4 is 16.4 Å². The molecule has 0 aliphatic carbocycles. The van der Waals surface area contributed by atoms with Crippen LogP contribution in [-0.4, -0.2) is 22.6 Å². The summed E-state index contributed by atoms with van der Waals surface area (Å²) in [5.74, 6) is 1.01. The quantitative estimate of drug-likeness (QED) is 0.537. The number of hydrogen-bond acceptors (Lipinski definition) is 5. The smallest absolute Gasteiger partial charge is 0.229 e. The van der Waals surface area contributed by atoms with Crippen LogP contribution in [0.3, 0.4) is 0 Å². The maximum Gasteiger partial charge on any atom is 0.229 e. The van der Waals surface area contributed by atoms with Gasteiger partial charge in [-0.2, -0.15) is 4.98 Å². The van der Waals surface area contributed by atoms with Gasteiger partial charge in [-0.25, -0.2) is 9.37 Å². The van der Waals surface area contributed by atoms with Gasteiger partial charge in [-0.15, -0.1) is 0 Å². The van der Waals surface area contributed by atoms with Gasteiger partial charge in [-0.05, 0) is 67.6 Å². The summed E-state index contributed by atoms with van der Waals surface area (Å²) >= 11 is 0. The number of para-hydroxylation sites is 1.